The van der Waals surface area contributed by atoms with Gasteiger partial charge in [0.05, 0.1) is 12.1 Å². The van der Waals surface area contributed by atoms with Crippen LogP contribution in [0.2, 0.25) is 0 Å². The van der Waals surface area contributed by atoms with Gasteiger partial charge in [0.2, 0.25) is 0 Å². The zero-order chi connectivity index (χ0) is 17.2. The zero-order valence-electron chi connectivity index (χ0n) is 13.3. The molecular formula is C18H16FN3O3. The number of nitrogens with one attached hydrogen (secondary N) is 2. The molecule has 2 N–H and O–H groups in total. The number of H-pyrrole nitrogens is 1. The van der Waals surface area contributed by atoms with Crippen molar-refractivity contribution in [2.45, 2.75) is 13.0 Å². The highest BCUT2D eigenvalue weighted by Gasteiger charge is 2.14. The molecule has 1 aromatic heterocycles. The number of benzene rings is 2. The molecule has 0 aliphatic carbocycles. The fraction of sp³-hybridized carbons (Fsp3) is 0.222. The lowest BCUT2D eigenvalue weighted by Gasteiger charge is -2.09. The standard InChI is InChI=1S/C18H16FN3O3/c19-15-4-2-11-8-12(15)10-25-18(23)20-6-1-7-24-13-3-5-16-14(9-13)17(11)22-21-16/h2-5,8-9H,1,6-7,10H2,(H,20,23)(H,21,22). The van der Waals surface area contributed by atoms with Crippen LogP contribution in [0.25, 0.3) is 22.2 Å². The Morgan fingerprint density at radius 1 is 1.12 bits per heavy atom. The molecule has 3 aromatic rings. The van der Waals surface area contributed by atoms with Crippen LogP contribution in [0.3, 0.4) is 0 Å². The number of rotatable bonds is 0. The normalized spacial score (nSPS) is 15.0. The summed E-state index contributed by atoms with van der Waals surface area (Å²) in [4.78, 5) is 11.7. The van der Waals surface area contributed by atoms with Gasteiger partial charge in [-0.15, -0.1) is 0 Å². The summed E-state index contributed by atoms with van der Waals surface area (Å²) in [6.07, 6.45) is 0.0513. The number of amides is 1. The van der Waals surface area contributed by atoms with Crippen LogP contribution in [0, 0.1) is 5.82 Å². The summed E-state index contributed by atoms with van der Waals surface area (Å²) >= 11 is 0. The van der Waals surface area contributed by atoms with Gasteiger partial charge in [-0.05, 0) is 42.8 Å². The van der Waals surface area contributed by atoms with Crippen LogP contribution in [-0.4, -0.2) is 29.4 Å². The molecular weight excluding hydrogens is 325 g/mol. The molecule has 0 fully saturated rings. The largest absolute Gasteiger partial charge is 0.494 e. The molecule has 128 valence electrons. The van der Waals surface area contributed by atoms with Crippen LogP contribution in [-0.2, 0) is 11.3 Å². The van der Waals surface area contributed by atoms with Crippen molar-refractivity contribution in [3.05, 3.63) is 47.8 Å². The van der Waals surface area contributed by atoms with Crippen LogP contribution < -0.4 is 10.1 Å². The average molecular weight is 341 g/mol. The van der Waals surface area contributed by atoms with Gasteiger partial charge in [-0.25, -0.2) is 9.18 Å². The summed E-state index contributed by atoms with van der Waals surface area (Å²) in [5.74, 6) is 0.291. The van der Waals surface area contributed by atoms with E-state index in [1.807, 2.05) is 18.2 Å². The van der Waals surface area contributed by atoms with Gasteiger partial charge in [-0.3, -0.25) is 5.10 Å². The third kappa shape index (κ3) is 3.13. The number of aromatic amines is 1. The number of hydrogen-bond acceptors (Lipinski definition) is 4. The fourth-order valence-corrected chi connectivity index (χ4v) is 2.78. The molecule has 0 spiro atoms. The molecule has 6 nitrogen and oxygen atoms in total. The highest BCUT2D eigenvalue weighted by atomic mass is 19.1. The van der Waals surface area contributed by atoms with E-state index in [2.05, 4.69) is 15.5 Å². The van der Waals surface area contributed by atoms with Crippen molar-refractivity contribution in [1.29, 1.82) is 0 Å². The summed E-state index contributed by atoms with van der Waals surface area (Å²) < 4.78 is 24.9. The van der Waals surface area contributed by atoms with Crippen molar-refractivity contribution in [3.8, 4) is 17.0 Å². The van der Waals surface area contributed by atoms with Gasteiger partial charge >= 0.3 is 6.09 Å². The second-order valence-electron chi connectivity index (χ2n) is 5.79. The molecule has 0 unspecified atom stereocenters. The second kappa shape index (κ2) is 6.43. The Bertz CT molecular complexity index is 938. The smallest absolute Gasteiger partial charge is 0.407 e. The molecule has 4 rings (SSSR count). The number of alkyl carbamates (subject to hydrolysis) is 1. The lowest BCUT2D eigenvalue weighted by Crippen LogP contribution is -2.26. The summed E-state index contributed by atoms with van der Waals surface area (Å²) in [5, 5.41) is 10.8. The third-order valence-corrected chi connectivity index (χ3v) is 4.07. The molecule has 0 atom stereocenters. The first-order valence-electron chi connectivity index (χ1n) is 8.01. The fourth-order valence-electron chi connectivity index (χ4n) is 2.78. The molecule has 0 saturated heterocycles. The number of fused-ring (bicyclic) bond motifs is 4. The molecule has 1 amide bonds. The number of cyclic esters (lactones) is 1. The molecule has 2 aromatic carbocycles. The number of ether oxygens (including phenoxy) is 2. The van der Waals surface area contributed by atoms with E-state index in [-0.39, 0.29) is 6.61 Å². The Kier molecular flexibility index (Phi) is 3.97. The number of nitrogens with zero attached hydrogens (tertiary/aromatic N) is 1. The van der Waals surface area contributed by atoms with Crippen molar-refractivity contribution in [1.82, 2.24) is 15.5 Å². The van der Waals surface area contributed by atoms with Crippen molar-refractivity contribution in [2.24, 2.45) is 0 Å². The minimum absolute atomic E-state index is 0.143. The predicted molar refractivity (Wildman–Crippen MR) is 89.8 cm³/mol. The van der Waals surface area contributed by atoms with Gasteiger partial charge in [0.15, 0.2) is 0 Å². The zero-order valence-corrected chi connectivity index (χ0v) is 13.3. The van der Waals surface area contributed by atoms with Crippen molar-refractivity contribution in [3.63, 3.8) is 0 Å². The van der Waals surface area contributed by atoms with E-state index in [0.29, 0.717) is 30.8 Å². The number of hydrogen-bond donors (Lipinski definition) is 2. The first kappa shape index (κ1) is 15.4. The number of aromatic nitrogens is 2. The monoisotopic (exact) mass is 341 g/mol. The van der Waals surface area contributed by atoms with Gasteiger partial charge in [0, 0.05) is 23.1 Å². The van der Waals surface area contributed by atoms with E-state index in [1.54, 1.807) is 12.1 Å². The minimum Gasteiger partial charge on any atom is -0.494 e. The van der Waals surface area contributed by atoms with E-state index < -0.39 is 11.9 Å². The summed E-state index contributed by atoms with van der Waals surface area (Å²) in [7, 11) is 0. The van der Waals surface area contributed by atoms with Gasteiger partial charge < -0.3 is 14.8 Å². The highest BCUT2D eigenvalue weighted by molar-refractivity contribution is 5.93. The summed E-state index contributed by atoms with van der Waals surface area (Å²) in [6.45, 7) is 0.734. The van der Waals surface area contributed by atoms with Crippen molar-refractivity contribution < 1.29 is 18.7 Å². The molecule has 7 heteroatoms. The SMILES string of the molecule is O=C1NCCCOc2ccc3[nH]nc(c3c2)-c2ccc(F)c(c2)CO1. The Morgan fingerprint density at radius 2 is 2.04 bits per heavy atom. The number of carbonyl (C=O) groups excluding carboxylic acids is 1. The molecule has 25 heavy (non-hydrogen) atoms. The number of halogens is 1. The van der Waals surface area contributed by atoms with E-state index in [0.717, 1.165) is 22.2 Å². The van der Waals surface area contributed by atoms with Crippen LogP contribution in [0.4, 0.5) is 9.18 Å². The summed E-state index contributed by atoms with van der Waals surface area (Å²) in [6, 6.07) is 10.3. The minimum atomic E-state index is -0.581. The lowest BCUT2D eigenvalue weighted by atomic mass is 10.0. The highest BCUT2D eigenvalue weighted by Crippen LogP contribution is 2.30. The van der Waals surface area contributed by atoms with Gasteiger partial charge in [0.1, 0.15) is 23.9 Å². The van der Waals surface area contributed by atoms with E-state index in [4.69, 9.17) is 9.47 Å². The van der Waals surface area contributed by atoms with Crippen LogP contribution in [0.15, 0.2) is 36.4 Å². The topological polar surface area (TPSA) is 76.2 Å². The van der Waals surface area contributed by atoms with E-state index in [1.165, 1.54) is 6.07 Å². The van der Waals surface area contributed by atoms with Crippen molar-refractivity contribution >= 4 is 17.0 Å². The molecule has 1 aliphatic rings. The van der Waals surface area contributed by atoms with Gasteiger partial charge in [0.25, 0.3) is 0 Å². The maximum absolute atomic E-state index is 14.0. The Labute approximate surface area is 142 Å². The number of carbonyl (C=O) groups is 1. The Hall–Kier alpha value is -3.09. The Balaban J connectivity index is 1.81. The maximum atomic E-state index is 14.0. The second-order valence-corrected chi connectivity index (χ2v) is 5.79. The third-order valence-electron chi connectivity index (χ3n) is 4.07. The van der Waals surface area contributed by atoms with Crippen molar-refractivity contribution in [2.75, 3.05) is 13.2 Å². The Morgan fingerprint density at radius 3 is 2.96 bits per heavy atom. The van der Waals surface area contributed by atoms with E-state index >= 15 is 0 Å². The first-order chi connectivity index (χ1) is 12.2. The van der Waals surface area contributed by atoms with Gasteiger partial charge in [-0.1, -0.05) is 0 Å². The van der Waals surface area contributed by atoms with Crippen LogP contribution in [0.5, 0.6) is 5.75 Å². The molecule has 0 radical (unpaired) electrons. The quantitative estimate of drug-likeness (QED) is 0.657. The van der Waals surface area contributed by atoms with Gasteiger partial charge in [-0.2, -0.15) is 5.10 Å². The molecule has 4 bridgehead atoms. The van der Waals surface area contributed by atoms with E-state index in [9.17, 15) is 9.18 Å². The van der Waals surface area contributed by atoms with Crippen LogP contribution in [0.1, 0.15) is 12.0 Å². The summed E-state index contributed by atoms with van der Waals surface area (Å²) in [5.41, 5.74) is 2.59. The predicted octanol–water partition coefficient (Wildman–Crippen LogP) is 3.38. The van der Waals surface area contributed by atoms with Crippen LogP contribution >= 0.6 is 0 Å². The average Bonchev–Trinajstić information content (AvgIpc) is 3.03. The lowest BCUT2D eigenvalue weighted by molar-refractivity contribution is 0.138. The molecule has 1 aliphatic heterocycles. The maximum Gasteiger partial charge on any atom is 0.407 e. The molecule has 0 saturated carbocycles. The molecule has 2 heterocycles. The first-order valence-corrected chi connectivity index (χ1v) is 8.01.